The number of benzene rings is 1. The van der Waals surface area contributed by atoms with Gasteiger partial charge in [0.15, 0.2) is 11.5 Å². The molecule has 1 amide bonds. The summed E-state index contributed by atoms with van der Waals surface area (Å²) in [6.07, 6.45) is 7.04. The number of hydrogen-bond acceptors (Lipinski definition) is 5. The molecule has 3 rings (SSSR count). The van der Waals surface area contributed by atoms with Gasteiger partial charge in [-0.05, 0) is 62.0 Å². The monoisotopic (exact) mass is 369 g/mol. The number of methoxy groups -OCH3 is 2. The third-order valence-electron chi connectivity index (χ3n) is 4.99. The second-order valence-corrected chi connectivity index (χ2v) is 6.90. The molecule has 1 aromatic heterocycles. The van der Waals surface area contributed by atoms with Gasteiger partial charge in [-0.25, -0.2) is 0 Å². The van der Waals surface area contributed by atoms with Gasteiger partial charge in [0.05, 0.1) is 20.8 Å². The Morgan fingerprint density at radius 1 is 1.19 bits per heavy atom. The molecule has 0 bridgehead atoms. The fraction of sp³-hybridized carbons (Fsp3) is 0.429. The number of likely N-dealkylation sites (tertiary alicyclic amines) is 1. The molecular formula is C21H27N3O3. The highest BCUT2D eigenvalue weighted by Gasteiger charge is 2.21. The quantitative estimate of drug-likeness (QED) is 0.813. The number of nitrogens with one attached hydrogen (secondary N) is 1. The molecule has 1 saturated heterocycles. The molecule has 1 aromatic carbocycles. The molecule has 0 aliphatic carbocycles. The van der Waals surface area contributed by atoms with Gasteiger partial charge in [0.25, 0.3) is 0 Å². The summed E-state index contributed by atoms with van der Waals surface area (Å²) in [5.41, 5.74) is 2.01. The first-order chi connectivity index (χ1) is 13.2. The summed E-state index contributed by atoms with van der Waals surface area (Å²) in [5, 5.41) is 2.94. The standard InChI is InChI=1S/C21H27N3O3/c1-26-19-6-5-18(13-20(19)27-2)23-21(25)15-24-10-7-16(8-11-24)12-17-4-3-9-22-14-17/h3-6,9,13-14,16H,7-8,10-12,15H2,1-2H3,(H,23,25). The molecule has 0 spiro atoms. The third kappa shape index (κ3) is 5.44. The maximum Gasteiger partial charge on any atom is 0.238 e. The molecule has 6 nitrogen and oxygen atoms in total. The van der Waals surface area contributed by atoms with E-state index in [-0.39, 0.29) is 5.91 Å². The minimum atomic E-state index is -0.00655. The summed E-state index contributed by atoms with van der Waals surface area (Å²) >= 11 is 0. The Hall–Kier alpha value is -2.60. The Morgan fingerprint density at radius 2 is 1.96 bits per heavy atom. The predicted molar refractivity (Wildman–Crippen MR) is 105 cm³/mol. The highest BCUT2D eigenvalue weighted by Crippen LogP contribution is 2.29. The Kier molecular flexibility index (Phi) is 6.65. The lowest BCUT2D eigenvalue weighted by Crippen LogP contribution is -2.39. The Morgan fingerprint density at radius 3 is 2.63 bits per heavy atom. The van der Waals surface area contributed by atoms with E-state index < -0.39 is 0 Å². The second-order valence-electron chi connectivity index (χ2n) is 6.90. The molecule has 1 N–H and O–H groups in total. The third-order valence-corrected chi connectivity index (χ3v) is 4.99. The molecule has 0 unspecified atom stereocenters. The second kappa shape index (κ2) is 9.37. The van der Waals surface area contributed by atoms with Crippen molar-refractivity contribution >= 4 is 11.6 Å². The molecule has 27 heavy (non-hydrogen) atoms. The largest absolute Gasteiger partial charge is 0.493 e. The summed E-state index contributed by atoms with van der Waals surface area (Å²) in [6, 6.07) is 9.51. The van der Waals surface area contributed by atoms with E-state index in [0.29, 0.717) is 29.6 Å². The van der Waals surface area contributed by atoms with E-state index in [0.717, 1.165) is 32.4 Å². The minimum Gasteiger partial charge on any atom is -0.493 e. The summed E-state index contributed by atoms with van der Waals surface area (Å²) in [5.74, 6) is 1.91. The van der Waals surface area contributed by atoms with Crippen molar-refractivity contribution in [3.8, 4) is 11.5 Å². The van der Waals surface area contributed by atoms with E-state index in [4.69, 9.17) is 9.47 Å². The van der Waals surface area contributed by atoms with Crippen LogP contribution in [0.15, 0.2) is 42.7 Å². The van der Waals surface area contributed by atoms with Crippen molar-refractivity contribution in [2.24, 2.45) is 5.92 Å². The zero-order valence-corrected chi connectivity index (χ0v) is 16.0. The van der Waals surface area contributed by atoms with Gasteiger partial charge < -0.3 is 14.8 Å². The normalized spacial score (nSPS) is 15.3. The van der Waals surface area contributed by atoms with Gasteiger partial charge in [0.2, 0.25) is 5.91 Å². The summed E-state index contributed by atoms with van der Waals surface area (Å²) in [7, 11) is 3.17. The smallest absolute Gasteiger partial charge is 0.238 e. The van der Waals surface area contributed by atoms with E-state index in [1.54, 1.807) is 26.4 Å². The average molecular weight is 369 g/mol. The number of carbonyl (C=O) groups excluding carboxylic acids is 1. The number of hydrogen-bond donors (Lipinski definition) is 1. The van der Waals surface area contributed by atoms with Gasteiger partial charge in [0, 0.05) is 24.1 Å². The van der Waals surface area contributed by atoms with Crippen LogP contribution in [0.5, 0.6) is 11.5 Å². The molecule has 1 aliphatic heterocycles. The van der Waals surface area contributed by atoms with Crippen LogP contribution in [0.25, 0.3) is 0 Å². The molecule has 0 radical (unpaired) electrons. The van der Waals surface area contributed by atoms with E-state index in [9.17, 15) is 4.79 Å². The van der Waals surface area contributed by atoms with Crippen molar-refractivity contribution in [3.63, 3.8) is 0 Å². The summed E-state index contributed by atoms with van der Waals surface area (Å²) in [6.45, 7) is 2.31. The Labute approximate surface area is 160 Å². The number of rotatable bonds is 7. The minimum absolute atomic E-state index is 0.00655. The van der Waals surface area contributed by atoms with Gasteiger partial charge in [-0.15, -0.1) is 0 Å². The van der Waals surface area contributed by atoms with Crippen molar-refractivity contribution in [2.45, 2.75) is 19.3 Å². The molecule has 2 aromatic rings. The number of pyridine rings is 1. The maximum atomic E-state index is 12.4. The van der Waals surface area contributed by atoms with Crippen molar-refractivity contribution in [1.82, 2.24) is 9.88 Å². The number of ether oxygens (including phenoxy) is 2. The van der Waals surface area contributed by atoms with Gasteiger partial charge in [-0.1, -0.05) is 6.07 Å². The Balaban J connectivity index is 1.45. The van der Waals surface area contributed by atoms with Crippen LogP contribution in [0.4, 0.5) is 5.69 Å². The van der Waals surface area contributed by atoms with Crippen LogP contribution < -0.4 is 14.8 Å². The van der Waals surface area contributed by atoms with E-state index in [1.807, 2.05) is 24.5 Å². The van der Waals surface area contributed by atoms with Crippen molar-refractivity contribution in [2.75, 3.05) is 39.2 Å². The number of carbonyl (C=O) groups is 1. The molecule has 0 saturated carbocycles. The SMILES string of the molecule is COc1ccc(NC(=O)CN2CCC(Cc3cccnc3)CC2)cc1OC. The van der Waals surface area contributed by atoms with E-state index in [2.05, 4.69) is 21.3 Å². The van der Waals surface area contributed by atoms with Crippen LogP contribution in [-0.2, 0) is 11.2 Å². The lowest BCUT2D eigenvalue weighted by Gasteiger charge is -2.31. The molecular weight excluding hydrogens is 342 g/mol. The zero-order valence-electron chi connectivity index (χ0n) is 16.0. The molecule has 1 fully saturated rings. The summed E-state index contributed by atoms with van der Waals surface area (Å²) in [4.78, 5) is 18.8. The number of piperidine rings is 1. The number of amides is 1. The molecule has 1 aliphatic rings. The number of anilines is 1. The van der Waals surface area contributed by atoms with Gasteiger partial charge in [0.1, 0.15) is 0 Å². The van der Waals surface area contributed by atoms with Crippen molar-refractivity contribution < 1.29 is 14.3 Å². The zero-order chi connectivity index (χ0) is 19.1. The topological polar surface area (TPSA) is 63.7 Å². The molecule has 0 atom stereocenters. The van der Waals surface area contributed by atoms with Crippen LogP contribution in [0, 0.1) is 5.92 Å². The fourth-order valence-electron chi connectivity index (χ4n) is 3.52. The first kappa shape index (κ1) is 19.2. The van der Waals surface area contributed by atoms with Crippen LogP contribution in [-0.4, -0.2) is 49.6 Å². The first-order valence-electron chi connectivity index (χ1n) is 9.31. The molecule has 6 heteroatoms. The number of aromatic nitrogens is 1. The molecule has 144 valence electrons. The lowest BCUT2D eigenvalue weighted by atomic mass is 9.91. The lowest BCUT2D eigenvalue weighted by molar-refractivity contribution is -0.117. The Bertz CT molecular complexity index is 744. The maximum absolute atomic E-state index is 12.4. The average Bonchev–Trinajstić information content (AvgIpc) is 2.70. The fourth-order valence-corrected chi connectivity index (χ4v) is 3.52. The first-order valence-corrected chi connectivity index (χ1v) is 9.31. The van der Waals surface area contributed by atoms with Gasteiger partial charge in [-0.2, -0.15) is 0 Å². The number of nitrogens with zero attached hydrogens (tertiary/aromatic N) is 2. The predicted octanol–water partition coefficient (Wildman–Crippen LogP) is 2.99. The van der Waals surface area contributed by atoms with Crippen LogP contribution in [0.1, 0.15) is 18.4 Å². The summed E-state index contributed by atoms with van der Waals surface area (Å²) < 4.78 is 10.5. The molecule has 2 heterocycles. The highest BCUT2D eigenvalue weighted by molar-refractivity contribution is 5.92. The van der Waals surface area contributed by atoms with Gasteiger partial charge >= 0.3 is 0 Å². The van der Waals surface area contributed by atoms with Crippen LogP contribution in [0.3, 0.4) is 0 Å². The van der Waals surface area contributed by atoms with E-state index >= 15 is 0 Å². The van der Waals surface area contributed by atoms with Crippen molar-refractivity contribution in [3.05, 3.63) is 48.3 Å². The van der Waals surface area contributed by atoms with Crippen LogP contribution >= 0.6 is 0 Å². The van der Waals surface area contributed by atoms with Gasteiger partial charge in [-0.3, -0.25) is 14.7 Å². The van der Waals surface area contributed by atoms with Crippen LogP contribution in [0.2, 0.25) is 0 Å². The van der Waals surface area contributed by atoms with Crippen molar-refractivity contribution in [1.29, 1.82) is 0 Å². The highest BCUT2D eigenvalue weighted by atomic mass is 16.5. The van der Waals surface area contributed by atoms with E-state index in [1.165, 1.54) is 5.56 Å².